The van der Waals surface area contributed by atoms with Gasteiger partial charge in [-0.15, -0.1) is 0 Å². The van der Waals surface area contributed by atoms with Crippen LogP contribution in [0.2, 0.25) is 0 Å². The molecule has 146 valence electrons. The van der Waals surface area contributed by atoms with Crippen LogP contribution in [0.1, 0.15) is 31.7 Å². The lowest BCUT2D eigenvalue weighted by atomic mass is 9.99. The summed E-state index contributed by atoms with van der Waals surface area (Å²) in [5, 5.41) is 9.27. The van der Waals surface area contributed by atoms with E-state index in [9.17, 15) is 13.7 Å². The van der Waals surface area contributed by atoms with Crippen LogP contribution in [-0.4, -0.2) is 49.3 Å². The molecule has 0 radical (unpaired) electrons. The lowest BCUT2D eigenvalue weighted by molar-refractivity contribution is 0.0360. The highest BCUT2D eigenvalue weighted by atomic mass is 32.2. The van der Waals surface area contributed by atoms with Crippen LogP contribution >= 0.6 is 0 Å². The Morgan fingerprint density at radius 3 is 2.43 bits per heavy atom. The van der Waals surface area contributed by atoms with Crippen molar-refractivity contribution in [3.63, 3.8) is 0 Å². The highest BCUT2D eigenvalue weighted by molar-refractivity contribution is 7.89. The normalized spacial score (nSPS) is 21.8. The zero-order valence-corrected chi connectivity index (χ0v) is 16.9. The van der Waals surface area contributed by atoms with Gasteiger partial charge in [0.15, 0.2) is 0 Å². The summed E-state index contributed by atoms with van der Waals surface area (Å²) in [6.45, 7) is 4.47. The summed E-state index contributed by atoms with van der Waals surface area (Å²) in [6.07, 6.45) is 3.68. The largest absolute Gasteiger partial charge is 0.295 e. The second-order valence-corrected chi connectivity index (χ2v) is 9.68. The van der Waals surface area contributed by atoms with E-state index in [1.54, 1.807) is 34.6 Å². The zero-order chi connectivity index (χ0) is 19.7. The second kappa shape index (κ2) is 7.67. The van der Waals surface area contributed by atoms with Gasteiger partial charge in [-0.05, 0) is 55.6 Å². The van der Waals surface area contributed by atoms with E-state index in [0.29, 0.717) is 35.6 Å². The average molecular weight is 396 g/mol. The predicted octanol–water partition coefficient (Wildman–Crippen LogP) is 3.47. The molecule has 1 atom stereocenters. The molecule has 28 heavy (non-hydrogen) atoms. The number of nitriles is 1. The minimum absolute atomic E-state index is 0.316. The molecule has 0 amide bonds. The van der Waals surface area contributed by atoms with Gasteiger partial charge in [0.1, 0.15) is 0 Å². The van der Waals surface area contributed by atoms with E-state index in [4.69, 9.17) is 0 Å². The fraction of sp³-hybridized carbons (Fsp3) is 0.409. The third-order valence-corrected chi connectivity index (χ3v) is 7.85. The first-order valence-corrected chi connectivity index (χ1v) is 11.3. The molecule has 2 heterocycles. The van der Waals surface area contributed by atoms with Crippen molar-refractivity contribution < 1.29 is 8.42 Å². The molecule has 2 saturated heterocycles. The van der Waals surface area contributed by atoms with Crippen LogP contribution in [0.5, 0.6) is 0 Å². The Bertz CT molecular complexity index is 989. The quantitative estimate of drug-likeness (QED) is 0.795. The lowest BCUT2D eigenvalue weighted by Crippen LogP contribution is -2.63. The van der Waals surface area contributed by atoms with Crippen LogP contribution in [0.25, 0.3) is 11.1 Å². The molecule has 4 rings (SSSR count). The van der Waals surface area contributed by atoms with Crippen molar-refractivity contribution in [2.75, 3.05) is 19.6 Å². The molecule has 2 aliphatic rings. The smallest absolute Gasteiger partial charge is 0.243 e. The zero-order valence-electron chi connectivity index (χ0n) is 16.1. The Labute approximate surface area is 167 Å². The molecular weight excluding hydrogens is 370 g/mol. The predicted molar refractivity (Wildman–Crippen MR) is 109 cm³/mol. The highest BCUT2D eigenvalue weighted by Crippen LogP contribution is 2.30. The second-order valence-electron chi connectivity index (χ2n) is 7.74. The summed E-state index contributed by atoms with van der Waals surface area (Å²) in [4.78, 5) is 2.79. The molecule has 6 heteroatoms. The van der Waals surface area contributed by atoms with Gasteiger partial charge in [0.05, 0.1) is 16.5 Å². The molecule has 2 fully saturated rings. The fourth-order valence-electron chi connectivity index (χ4n) is 4.27. The molecule has 2 aliphatic heterocycles. The van der Waals surface area contributed by atoms with E-state index in [-0.39, 0.29) is 0 Å². The van der Waals surface area contributed by atoms with E-state index in [1.807, 2.05) is 18.2 Å². The summed E-state index contributed by atoms with van der Waals surface area (Å²) in [5.74, 6) is 0. The number of sulfonamides is 1. The molecule has 0 saturated carbocycles. The monoisotopic (exact) mass is 395 g/mol. The fourth-order valence-corrected chi connectivity index (χ4v) is 5.79. The molecule has 1 unspecified atom stereocenters. The van der Waals surface area contributed by atoms with E-state index >= 15 is 0 Å². The topological polar surface area (TPSA) is 64.4 Å². The molecule has 0 aliphatic carbocycles. The van der Waals surface area contributed by atoms with Crippen LogP contribution < -0.4 is 0 Å². The minimum Gasteiger partial charge on any atom is -0.295 e. The Morgan fingerprint density at radius 1 is 1.04 bits per heavy atom. The first kappa shape index (κ1) is 19.1. The standard InChI is InChI=1S/C22H25N3O2S/c1-17-6-4-5-13-25(17)20-15-24(16-20)28(26,27)21-11-9-18(10-12-21)22-8-3-2-7-19(22)14-23/h2-3,7-12,17,20H,4-6,13,15-16H2,1H3. The number of rotatable bonds is 4. The number of hydrogen-bond acceptors (Lipinski definition) is 4. The molecule has 0 spiro atoms. The van der Waals surface area contributed by atoms with Gasteiger partial charge in [0.2, 0.25) is 10.0 Å². The van der Waals surface area contributed by atoms with Crippen molar-refractivity contribution in [2.45, 2.75) is 43.2 Å². The maximum Gasteiger partial charge on any atom is 0.243 e. The van der Waals surface area contributed by atoms with Crippen LogP contribution in [0.15, 0.2) is 53.4 Å². The van der Waals surface area contributed by atoms with E-state index in [0.717, 1.165) is 17.7 Å². The maximum absolute atomic E-state index is 13.0. The summed E-state index contributed by atoms with van der Waals surface area (Å²) in [7, 11) is -3.46. The van der Waals surface area contributed by atoms with Gasteiger partial charge in [-0.25, -0.2) is 8.42 Å². The van der Waals surface area contributed by atoms with Crippen molar-refractivity contribution in [1.29, 1.82) is 5.26 Å². The third-order valence-electron chi connectivity index (χ3n) is 6.00. The molecule has 5 nitrogen and oxygen atoms in total. The average Bonchev–Trinajstić information content (AvgIpc) is 2.68. The summed E-state index contributed by atoms with van der Waals surface area (Å²) in [6, 6.07) is 17.3. The molecule has 0 aromatic heterocycles. The number of benzene rings is 2. The lowest BCUT2D eigenvalue weighted by Gasteiger charge is -2.48. The molecule has 2 aromatic rings. The number of likely N-dealkylation sites (tertiary alicyclic amines) is 1. The van der Waals surface area contributed by atoms with Gasteiger partial charge < -0.3 is 0 Å². The molecule has 0 bridgehead atoms. The Morgan fingerprint density at radius 2 is 1.75 bits per heavy atom. The van der Waals surface area contributed by atoms with Crippen molar-refractivity contribution >= 4 is 10.0 Å². The Balaban J connectivity index is 1.48. The van der Waals surface area contributed by atoms with E-state index in [2.05, 4.69) is 17.9 Å². The molecule has 0 N–H and O–H groups in total. The minimum atomic E-state index is -3.46. The molecular formula is C22H25N3O2S. The highest BCUT2D eigenvalue weighted by Gasteiger charge is 2.41. The number of piperidine rings is 1. The van der Waals surface area contributed by atoms with Crippen LogP contribution in [0, 0.1) is 11.3 Å². The maximum atomic E-state index is 13.0. The molecule has 2 aromatic carbocycles. The van der Waals surface area contributed by atoms with Gasteiger partial charge in [-0.3, -0.25) is 4.90 Å². The van der Waals surface area contributed by atoms with Gasteiger partial charge in [-0.2, -0.15) is 9.57 Å². The van der Waals surface area contributed by atoms with Crippen LogP contribution in [0.3, 0.4) is 0 Å². The number of hydrogen-bond donors (Lipinski definition) is 0. The Hall–Kier alpha value is -2.20. The van der Waals surface area contributed by atoms with Gasteiger partial charge in [-0.1, -0.05) is 36.8 Å². The summed E-state index contributed by atoms with van der Waals surface area (Å²) >= 11 is 0. The van der Waals surface area contributed by atoms with Gasteiger partial charge in [0.25, 0.3) is 0 Å². The summed E-state index contributed by atoms with van der Waals surface area (Å²) in [5.41, 5.74) is 2.25. The van der Waals surface area contributed by atoms with Crippen LogP contribution in [-0.2, 0) is 10.0 Å². The van der Waals surface area contributed by atoms with E-state index < -0.39 is 10.0 Å². The number of nitrogens with zero attached hydrogens (tertiary/aromatic N) is 3. The third kappa shape index (κ3) is 3.46. The SMILES string of the molecule is CC1CCCCN1C1CN(S(=O)(=O)c2ccc(-c3ccccc3C#N)cc2)C1. The van der Waals surface area contributed by atoms with Crippen LogP contribution in [0.4, 0.5) is 0 Å². The van der Waals surface area contributed by atoms with Crippen molar-refractivity contribution in [3.05, 3.63) is 54.1 Å². The van der Waals surface area contributed by atoms with Crippen molar-refractivity contribution in [3.8, 4) is 17.2 Å². The first-order chi connectivity index (χ1) is 13.5. The van der Waals surface area contributed by atoms with E-state index in [1.165, 1.54) is 19.3 Å². The summed E-state index contributed by atoms with van der Waals surface area (Å²) < 4.78 is 27.5. The Kier molecular flexibility index (Phi) is 5.24. The van der Waals surface area contributed by atoms with Crippen molar-refractivity contribution in [1.82, 2.24) is 9.21 Å². The van der Waals surface area contributed by atoms with Gasteiger partial charge >= 0.3 is 0 Å². The van der Waals surface area contributed by atoms with Gasteiger partial charge in [0, 0.05) is 25.2 Å². The van der Waals surface area contributed by atoms with Crippen molar-refractivity contribution in [2.24, 2.45) is 0 Å². The first-order valence-electron chi connectivity index (χ1n) is 9.86.